The van der Waals surface area contributed by atoms with Gasteiger partial charge in [0.2, 0.25) is 0 Å². The molecule has 5 nitrogen and oxygen atoms in total. The number of urea groups is 1. The minimum Gasteiger partial charge on any atom is -0.480 e. The molecule has 1 aliphatic heterocycles. The zero-order valence-corrected chi connectivity index (χ0v) is 12.9. The van der Waals surface area contributed by atoms with Crippen LogP contribution in [0.15, 0.2) is 0 Å². The lowest BCUT2D eigenvalue weighted by Crippen LogP contribution is -2.47. The highest BCUT2D eigenvalue weighted by Gasteiger charge is 2.37. The lowest BCUT2D eigenvalue weighted by molar-refractivity contribution is -0.139. The van der Waals surface area contributed by atoms with Gasteiger partial charge >= 0.3 is 12.0 Å². The van der Waals surface area contributed by atoms with E-state index in [1.165, 1.54) is 0 Å². The van der Waals surface area contributed by atoms with Crippen molar-refractivity contribution in [2.75, 3.05) is 13.1 Å². The predicted molar refractivity (Wildman–Crippen MR) is 78.7 cm³/mol. The number of carbonyl (C=O) groups is 2. The number of aliphatic carboxylic acids is 1. The SMILES string of the molecule is CCCC[C@H](NC(=O)N1CCC(CC)(CC)C1)C(=O)O. The minimum atomic E-state index is -0.941. The number of carboxylic acid groups (broad SMARTS) is 1. The summed E-state index contributed by atoms with van der Waals surface area (Å²) in [4.78, 5) is 25.1. The average Bonchev–Trinajstić information content (AvgIpc) is 2.88. The molecule has 0 unspecified atom stereocenters. The van der Waals surface area contributed by atoms with Gasteiger partial charge in [-0.05, 0) is 31.1 Å². The van der Waals surface area contributed by atoms with E-state index in [0.717, 1.165) is 45.2 Å². The predicted octanol–water partition coefficient (Wildman–Crippen LogP) is 2.85. The van der Waals surface area contributed by atoms with Crippen molar-refractivity contribution >= 4 is 12.0 Å². The molecule has 0 aromatic carbocycles. The molecule has 1 saturated heterocycles. The molecule has 0 aromatic rings. The lowest BCUT2D eigenvalue weighted by Gasteiger charge is -2.27. The maximum absolute atomic E-state index is 12.2. The van der Waals surface area contributed by atoms with E-state index in [9.17, 15) is 9.59 Å². The highest BCUT2D eigenvalue weighted by Crippen LogP contribution is 2.36. The molecule has 5 heteroatoms. The van der Waals surface area contributed by atoms with Gasteiger partial charge in [-0.25, -0.2) is 9.59 Å². The van der Waals surface area contributed by atoms with Crippen molar-refractivity contribution in [1.82, 2.24) is 10.2 Å². The molecule has 1 rings (SSSR count). The van der Waals surface area contributed by atoms with Crippen molar-refractivity contribution in [3.63, 3.8) is 0 Å². The Bertz CT molecular complexity index is 340. The summed E-state index contributed by atoms with van der Waals surface area (Å²) in [6, 6.07) is -0.988. The minimum absolute atomic E-state index is 0.222. The van der Waals surface area contributed by atoms with E-state index in [1.807, 2.05) is 6.92 Å². The van der Waals surface area contributed by atoms with Crippen LogP contribution in [-0.2, 0) is 4.79 Å². The van der Waals surface area contributed by atoms with Gasteiger partial charge in [0.1, 0.15) is 6.04 Å². The van der Waals surface area contributed by atoms with Crippen LogP contribution in [0, 0.1) is 5.41 Å². The van der Waals surface area contributed by atoms with Crippen LogP contribution in [0.25, 0.3) is 0 Å². The zero-order valence-electron chi connectivity index (χ0n) is 12.9. The summed E-state index contributed by atoms with van der Waals surface area (Å²) < 4.78 is 0. The number of hydrogen-bond donors (Lipinski definition) is 2. The molecule has 0 aliphatic carbocycles. The Balaban J connectivity index is 2.55. The third-order valence-electron chi connectivity index (χ3n) is 4.67. The first kappa shape index (κ1) is 16.8. The molecule has 20 heavy (non-hydrogen) atoms. The van der Waals surface area contributed by atoms with Crippen molar-refractivity contribution in [3.8, 4) is 0 Å². The Morgan fingerprint density at radius 1 is 1.30 bits per heavy atom. The van der Waals surface area contributed by atoms with Crippen molar-refractivity contribution in [3.05, 3.63) is 0 Å². The molecule has 2 N–H and O–H groups in total. The normalized spacial score (nSPS) is 18.9. The van der Waals surface area contributed by atoms with Gasteiger partial charge in [0.25, 0.3) is 0 Å². The van der Waals surface area contributed by atoms with E-state index in [0.29, 0.717) is 6.42 Å². The van der Waals surface area contributed by atoms with Gasteiger partial charge in [0, 0.05) is 13.1 Å². The fourth-order valence-electron chi connectivity index (χ4n) is 2.84. The standard InChI is InChI=1S/C15H28N2O3/c1-4-7-8-12(13(18)19)16-14(20)17-10-9-15(5-2,6-3)11-17/h12H,4-11H2,1-3H3,(H,16,20)(H,18,19)/t12-/m0/s1. The second-order valence-corrected chi connectivity index (χ2v) is 5.86. The number of unbranched alkanes of at least 4 members (excludes halogenated alkanes) is 1. The Kier molecular flexibility index (Phi) is 6.30. The van der Waals surface area contributed by atoms with E-state index < -0.39 is 12.0 Å². The fraction of sp³-hybridized carbons (Fsp3) is 0.867. The molecule has 1 aliphatic rings. The second kappa shape index (κ2) is 7.50. The van der Waals surface area contributed by atoms with Crippen LogP contribution in [0.3, 0.4) is 0 Å². The van der Waals surface area contributed by atoms with Gasteiger partial charge < -0.3 is 15.3 Å². The van der Waals surface area contributed by atoms with E-state index in [2.05, 4.69) is 19.2 Å². The number of carboxylic acids is 1. The third kappa shape index (κ3) is 4.12. The molecule has 0 aromatic heterocycles. The summed E-state index contributed by atoms with van der Waals surface area (Å²) >= 11 is 0. The number of nitrogens with one attached hydrogen (secondary N) is 1. The van der Waals surface area contributed by atoms with Crippen LogP contribution in [0.4, 0.5) is 4.79 Å². The largest absolute Gasteiger partial charge is 0.480 e. The van der Waals surface area contributed by atoms with E-state index in [-0.39, 0.29) is 11.4 Å². The van der Waals surface area contributed by atoms with E-state index in [4.69, 9.17) is 5.11 Å². The number of nitrogens with zero attached hydrogens (tertiary/aromatic N) is 1. The molecule has 1 heterocycles. The van der Waals surface area contributed by atoms with Gasteiger partial charge in [0.05, 0.1) is 0 Å². The van der Waals surface area contributed by atoms with Crippen LogP contribution < -0.4 is 5.32 Å². The van der Waals surface area contributed by atoms with Crippen molar-refractivity contribution < 1.29 is 14.7 Å². The van der Waals surface area contributed by atoms with Gasteiger partial charge in [-0.3, -0.25) is 0 Å². The number of hydrogen-bond acceptors (Lipinski definition) is 2. The Morgan fingerprint density at radius 3 is 2.40 bits per heavy atom. The maximum Gasteiger partial charge on any atom is 0.326 e. The monoisotopic (exact) mass is 284 g/mol. The summed E-state index contributed by atoms with van der Waals surface area (Å²) in [6.45, 7) is 7.80. The maximum atomic E-state index is 12.2. The first-order chi connectivity index (χ1) is 9.48. The van der Waals surface area contributed by atoms with Gasteiger partial charge in [-0.15, -0.1) is 0 Å². The topological polar surface area (TPSA) is 69.6 Å². The molecule has 0 radical (unpaired) electrons. The molecule has 2 amide bonds. The van der Waals surface area contributed by atoms with E-state index in [1.54, 1.807) is 4.90 Å². The Hall–Kier alpha value is -1.26. The Labute approximate surface area is 121 Å². The van der Waals surface area contributed by atoms with E-state index >= 15 is 0 Å². The first-order valence-electron chi connectivity index (χ1n) is 7.76. The number of amides is 2. The summed E-state index contributed by atoms with van der Waals surface area (Å²) in [5.74, 6) is -0.941. The zero-order chi connectivity index (χ0) is 15.2. The fourth-order valence-corrected chi connectivity index (χ4v) is 2.84. The quantitative estimate of drug-likeness (QED) is 0.755. The number of likely N-dealkylation sites (tertiary alicyclic amines) is 1. The van der Waals surface area contributed by atoms with Gasteiger partial charge in [0.15, 0.2) is 0 Å². The molecular formula is C15H28N2O3. The molecule has 1 atom stereocenters. The Morgan fingerprint density at radius 2 is 1.95 bits per heavy atom. The first-order valence-corrected chi connectivity index (χ1v) is 7.76. The van der Waals surface area contributed by atoms with Crippen molar-refractivity contribution in [2.24, 2.45) is 5.41 Å². The molecule has 0 saturated carbocycles. The van der Waals surface area contributed by atoms with Crippen LogP contribution in [0.2, 0.25) is 0 Å². The van der Waals surface area contributed by atoms with Crippen molar-refractivity contribution in [1.29, 1.82) is 0 Å². The average molecular weight is 284 g/mol. The van der Waals surface area contributed by atoms with Crippen LogP contribution in [-0.4, -0.2) is 41.1 Å². The molecule has 116 valence electrons. The third-order valence-corrected chi connectivity index (χ3v) is 4.67. The summed E-state index contributed by atoms with van der Waals surface area (Å²) in [7, 11) is 0. The summed E-state index contributed by atoms with van der Waals surface area (Å²) in [5, 5.41) is 11.8. The molecule has 1 fully saturated rings. The lowest BCUT2D eigenvalue weighted by atomic mass is 9.82. The second-order valence-electron chi connectivity index (χ2n) is 5.86. The highest BCUT2D eigenvalue weighted by molar-refractivity contribution is 5.82. The summed E-state index contributed by atoms with van der Waals surface area (Å²) in [5.41, 5.74) is 0.222. The van der Waals surface area contributed by atoms with Crippen LogP contribution in [0.1, 0.15) is 59.3 Å². The smallest absolute Gasteiger partial charge is 0.326 e. The number of rotatable bonds is 7. The molecule has 0 spiro atoms. The van der Waals surface area contributed by atoms with Crippen LogP contribution in [0.5, 0.6) is 0 Å². The van der Waals surface area contributed by atoms with Gasteiger partial charge in [-0.2, -0.15) is 0 Å². The van der Waals surface area contributed by atoms with Crippen molar-refractivity contribution in [2.45, 2.75) is 65.3 Å². The summed E-state index contributed by atoms with van der Waals surface area (Å²) in [6.07, 6.45) is 5.37. The number of carbonyl (C=O) groups excluding carboxylic acids is 1. The van der Waals surface area contributed by atoms with Gasteiger partial charge in [-0.1, -0.05) is 33.6 Å². The highest BCUT2D eigenvalue weighted by atomic mass is 16.4. The molecule has 0 bridgehead atoms. The van der Waals surface area contributed by atoms with Crippen LogP contribution >= 0.6 is 0 Å². The molecular weight excluding hydrogens is 256 g/mol.